The third-order valence-corrected chi connectivity index (χ3v) is 2.90. The van der Waals surface area contributed by atoms with Gasteiger partial charge in [0.1, 0.15) is 0 Å². The summed E-state index contributed by atoms with van der Waals surface area (Å²) in [6, 6.07) is 5.53. The van der Waals surface area contributed by atoms with Crippen LogP contribution < -0.4 is 5.56 Å². The van der Waals surface area contributed by atoms with E-state index in [9.17, 15) is 9.59 Å². The Labute approximate surface area is 113 Å². The SMILES string of the molecule is CCOC(=O)c1nc2c(=O)[nH]c3ccc(C)cc3n2n1. The Bertz CT molecular complexity index is 878. The molecule has 3 rings (SSSR count). The second kappa shape index (κ2) is 4.44. The summed E-state index contributed by atoms with van der Waals surface area (Å²) in [6.07, 6.45) is 0. The molecule has 0 fully saturated rings. The number of carbonyl (C=O) groups is 1. The van der Waals surface area contributed by atoms with Crippen LogP contribution in [-0.4, -0.2) is 32.2 Å². The number of benzene rings is 1. The van der Waals surface area contributed by atoms with Crippen molar-refractivity contribution in [1.29, 1.82) is 0 Å². The first kappa shape index (κ1) is 12.3. The van der Waals surface area contributed by atoms with E-state index >= 15 is 0 Å². The van der Waals surface area contributed by atoms with Crippen LogP contribution in [0.15, 0.2) is 23.0 Å². The molecule has 0 unspecified atom stereocenters. The molecule has 0 aliphatic carbocycles. The Hall–Kier alpha value is -2.70. The molecular formula is C13H12N4O3. The first-order valence-corrected chi connectivity index (χ1v) is 6.16. The fourth-order valence-electron chi connectivity index (χ4n) is 2.01. The molecule has 7 nitrogen and oxygen atoms in total. The topological polar surface area (TPSA) is 89.3 Å². The lowest BCUT2D eigenvalue weighted by Crippen LogP contribution is -2.11. The van der Waals surface area contributed by atoms with Crippen LogP contribution in [0.3, 0.4) is 0 Å². The summed E-state index contributed by atoms with van der Waals surface area (Å²) in [6.45, 7) is 3.85. The molecule has 0 saturated heterocycles. The number of hydrogen-bond donors (Lipinski definition) is 1. The third kappa shape index (κ3) is 1.83. The number of nitrogens with zero attached hydrogens (tertiary/aromatic N) is 3. The van der Waals surface area contributed by atoms with E-state index in [-0.39, 0.29) is 18.1 Å². The maximum absolute atomic E-state index is 11.9. The minimum absolute atomic E-state index is 0.0751. The highest BCUT2D eigenvalue weighted by atomic mass is 16.5. The Balaban J connectivity index is 2.34. The molecule has 0 spiro atoms. The quantitative estimate of drug-likeness (QED) is 0.704. The zero-order valence-electron chi connectivity index (χ0n) is 11.0. The summed E-state index contributed by atoms with van der Waals surface area (Å²) in [7, 11) is 0. The van der Waals surface area contributed by atoms with Gasteiger partial charge in [0, 0.05) is 0 Å². The van der Waals surface area contributed by atoms with E-state index in [0.29, 0.717) is 11.0 Å². The van der Waals surface area contributed by atoms with E-state index in [1.807, 2.05) is 19.1 Å². The maximum atomic E-state index is 11.9. The average Bonchev–Trinajstić information content (AvgIpc) is 2.86. The van der Waals surface area contributed by atoms with Crippen molar-refractivity contribution in [2.24, 2.45) is 0 Å². The number of esters is 1. The number of ether oxygens (including phenoxy) is 1. The molecule has 1 N–H and O–H groups in total. The van der Waals surface area contributed by atoms with Gasteiger partial charge in [-0.05, 0) is 31.5 Å². The number of nitrogens with one attached hydrogen (secondary N) is 1. The smallest absolute Gasteiger partial charge is 0.378 e. The Morgan fingerprint density at radius 3 is 3.00 bits per heavy atom. The van der Waals surface area contributed by atoms with Crippen LogP contribution in [0.25, 0.3) is 16.7 Å². The lowest BCUT2D eigenvalue weighted by molar-refractivity contribution is 0.0512. The Morgan fingerprint density at radius 2 is 2.25 bits per heavy atom. The first-order valence-electron chi connectivity index (χ1n) is 6.16. The lowest BCUT2D eigenvalue weighted by atomic mass is 10.2. The van der Waals surface area contributed by atoms with Crippen molar-refractivity contribution >= 4 is 22.6 Å². The summed E-state index contributed by atoms with van der Waals surface area (Å²) in [5.41, 5.74) is 2.01. The minimum atomic E-state index is -0.642. The molecule has 0 bridgehead atoms. The van der Waals surface area contributed by atoms with Gasteiger partial charge < -0.3 is 9.72 Å². The van der Waals surface area contributed by atoms with Crippen molar-refractivity contribution in [2.75, 3.05) is 6.61 Å². The number of aromatic amines is 1. The third-order valence-electron chi connectivity index (χ3n) is 2.90. The molecule has 0 aliphatic rings. The van der Waals surface area contributed by atoms with Crippen LogP contribution in [0.1, 0.15) is 23.1 Å². The maximum Gasteiger partial charge on any atom is 0.378 e. The summed E-state index contributed by atoms with van der Waals surface area (Å²) < 4.78 is 6.21. The zero-order valence-corrected chi connectivity index (χ0v) is 11.0. The van der Waals surface area contributed by atoms with Crippen LogP contribution >= 0.6 is 0 Å². The molecule has 0 aliphatic heterocycles. The predicted molar refractivity (Wildman–Crippen MR) is 71.8 cm³/mol. The van der Waals surface area contributed by atoms with Gasteiger partial charge in [0.05, 0.1) is 17.6 Å². The standard InChI is InChI=1S/C13H12N4O3/c1-3-20-13(19)10-15-11-12(18)14-8-5-4-7(2)6-9(8)17(11)16-10/h4-6H,3H2,1-2H3,(H,14,18). The largest absolute Gasteiger partial charge is 0.460 e. The van der Waals surface area contributed by atoms with Crippen LogP contribution in [-0.2, 0) is 4.74 Å². The number of fused-ring (bicyclic) bond motifs is 3. The number of aromatic nitrogens is 4. The summed E-state index contributed by atoms with van der Waals surface area (Å²) in [5.74, 6) is -0.761. The predicted octanol–water partition coefficient (Wildman–Crippen LogP) is 1.06. The van der Waals surface area contributed by atoms with Crippen molar-refractivity contribution in [3.63, 3.8) is 0 Å². The molecule has 102 valence electrons. The lowest BCUT2D eigenvalue weighted by Gasteiger charge is -2.01. The van der Waals surface area contributed by atoms with Gasteiger partial charge in [-0.15, -0.1) is 5.10 Å². The number of carbonyl (C=O) groups excluding carboxylic acids is 1. The van der Waals surface area contributed by atoms with E-state index in [4.69, 9.17) is 4.74 Å². The van der Waals surface area contributed by atoms with Gasteiger partial charge in [-0.2, -0.15) is 4.98 Å². The highest BCUT2D eigenvalue weighted by Crippen LogP contribution is 2.13. The van der Waals surface area contributed by atoms with Crippen molar-refractivity contribution in [3.05, 3.63) is 39.9 Å². The van der Waals surface area contributed by atoms with E-state index in [2.05, 4.69) is 15.1 Å². The molecule has 0 radical (unpaired) electrons. The van der Waals surface area contributed by atoms with Crippen LogP contribution in [0, 0.1) is 6.92 Å². The second-order valence-electron chi connectivity index (χ2n) is 4.37. The van der Waals surface area contributed by atoms with Crippen molar-refractivity contribution in [2.45, 2.75) is 13.8 Å². The molecule has 2 aromatic heterocycles. The number of H-pyrrole nitrogens is 1. The number of rotatable bonds is 2. The zero-order chi connectivity index (χ0) is 14.3. The highest BCUT2D eigenvalue weighted by Gasteiger charge is 2.17. The average molecular weight is 272 g/mol. The number of hydrogen-bond acceptors (Lipinski definition) is 5. The fourth-order valence-corrected chi connectivity index (χ4v) is 2.01. The molecule has 7 heteroatoms. The van der Waals surface area contributed by atoms with E-state index in [1.165, 1.54) is 4.52 Å². The van der Waals surface area contributed by atoms with E-state index < -0.39 is 11.5 Å². The molecule has 2 heterocycles. The molecule has 1 aromatic carbocycles. The Morgan fingerprint density at radius 1 is 1.45 bits per heavy atom. The Kier molecular flexibility index (Phi) is 2.74. The molecule has 0 amide bonds. The van der Waals surface area contributed by atoms with Crippen LogP contribution in [0.4, 0.5) is 0 Å². The molecule has 0 atom stereocenters. The summed E-state index contributed by atoms with van der Waals surface area (Å²) in [4.78, 5) is 30.3. The van der Waals surface area contributed by atoms with Crippen LogP contribution in [0.2, 0.25) is 0 Å². The molecule has 0 saturated carbocycles. The van der Waals surface area contributed by atoms with E-state index in [1.54, 1.807) is 13.0 Å². The normalized spacial score (nSPS) is 11.1. The van der Waals surface area contributed by atoms with Gasteiger partial charge in [-0.3, -0.25) is 4.79 Å². The van der Waals surface area contributed by atoms with E-state index in [0.717, 1.165) is 5.56 Å². The van der Waals surface area contributed by atoms with Crippen molar-refractivity contribution in [1.82, 2.24) is 19.6 Å². The number of aryl methyl sites for hydroxylation is 1. The van der Waals surface area contributed by atoms with Crippen molar-refractivity contribution < 1.29 is 9.53 Å². The molecule has 20 heavy (non-hydrogen) atoms. The van der Waals surface area contributed by atoms with Gasteiger partial charge in [0.2, 0.25) is 5.65 Å². The highest BCUT2D eigenvalue weighted by molar-refractivity contribution is 5.86. The van der Waals surface area contributed by atoms with Gasteiger partial charge in [-0.25, -0.2) is 9.31 Å². The summed E-state index contributed by atoms with van der Waals surface area (Å²) in [5, 5.41) is 4.07. The monoisotopic (exact) mass is 272 g/mol. The molecule has 3 aromatic rings. The van der Waals surface area contributed by atoms with Gasteiger partial charge in [0.15, 0.2) is 0 Å². The van der Waals surface area contributed by atoms with Gasteiger partial charge in [-0.1, -0.05) is 6.07 Å². The van der Waals surface area contributed by atoms with Gasteiger partial charge in [0.25, 0.3) is 11.4 Å². The molecular weight excluding hydrogens is 260 g/mol. The summed E-state index contributed by atoms with van der Waals surface area (Å²) >= 11 is 0. The fraction of sp³-hybridized carbons (Fsp3) is 0.231. The first-order chi connectivity index (χ1) is 9.60. The van der Waals surface area contributed by atoms with Crippen molar-refractivity contribution in [3.8, 4) is 0 Å². The minimum Gasteiger partial charge on any atom is -0.460 e. The van der Waals surface area contributed by atoms with Crippen LogP contribution in [0.5, 0.6) is 0 Å². The van der Waals surface area contributed by atoms with Gasteiger partial charge >= 0.3 is 5.97 Å². The second-order valence-corrected chi connectivity index (χ2v) is 4.37.